The van der Waals surface area contributed by atoms with Crippen LogP contribution in [-0.4, -0.2) is 14.9 Å². The van der Waals surface area contributed by atoms with E-state index in [9.17, 15) is 13.2 Å². The van der Waals surface area contributed by atoms with Crippen LogP contribution in [0.15, 0.2) is 30.5 Å². The number of benzene rings is 1. The van der Waals surface area contributed by atoms with Crippen molar-refractivity contribution in [2.75, 3.05) is 0 Å². The summed E-state index contributed by atoms with van der Waals surface area (Å²) in [6.45, 7) is -0.149. The molecule has 1 aromatic heterocycles. The molecule has 0 aliphatic heterocycles. The van der Waals surface area contributed by atoms with E-state index >= 15 is 0 Å². The molecule has 0 fully saturated rings. The van der Waals surface area contributed by atoms with E-state index in [0.717, 1.165) is 12.1 Å². The molecule has 1 heterocycles. The van der Waals surface area contributed by atoms with Crippen molar-refractivity contribution in [2.45, 2.75) is 19.3 Å². The maximum Gasteiger partial charge on any atom is 0.416 e. The van der Waals surface area contributed by atoms with Gasteiger partial charge in [-0.25, -0.2) is 4.68 Å². The number of hydrogen-bond acceptors (Lipinski definition) is 2. The fourth-order valence-corrected chi connectivity index (χ4v) is 1.86. The average molecular weight is 291 g/mol. The second-order valence-electron chi connectivity index (χ2n) is 3.97. The highest BCUT2D eigenvalue weighted by molar-refractivity contribution is 6.30. The summed E-state index contributed by atoms with van der Waals surface area (Å²) in [5, 5.41) is 13.1. The maximum atomic E-state index is 12.6. The van der Waals surface area contributed by atoms with E-state index in [1.54, 1.807) is 6.07 Å². The molecular formula is C12H10ClF3N2O. The minimum Gasteiger partial charge on any atom is -0.392 e. The van der Waals surface area contributed by atoms with Crippen LogP contribution in [-0.2, 0) is 19.3 Å². The van der Waals surface area contributed by atoms with Gasteiger partial charge in [0.1, 0.15) is 5.15 Å². The third-order valence-electron chi connectivity index (χ3n) is 2.60. The first kappa shape index (κ1) is 13.9. The first-order valence-corrected chi connectivity index (χ1v) is 5.77. The molecule has 0 radical (unpaired) electrons. The second-order valence-corrected chi connectivity index (χ2v) is 4.33. The molecule has 0 bridgehead atoms. The molecule has 1 N–H and O–H groups in total. The van der Waals surface area contributed by atoms with E-state index in [-0.39, 0.29) is 18.3 Å². The van der Waals surface area contributed by atoms with Gasteiger partial charge in [0.05, 0.1) is 24.9 Å². The topological polar surface area (TPSA) is 38.1 Å². The van der Waals surface area contributed by atoms with Crippen LogP contribution in [0, 0.1) is 0 Å². The van der Waals surface area contributed by atoms with Gasteiger partial charge in [-0.05, 0) is 17.7 Å². The number of halogens is 4. The van der Waals surface area contributed by atoms with Gasteiger partial charge in [0.15, 0.2) is 0 Å². The van der Waals surface area contributed by atoms with Gasteiger partial charge in [-0.15, -0.1) is 0 Å². The zero-order chi connectivity index (χ0) is 14.0. The van der Waals surface area contributed by atoms with Crippen molar-refractivity contribution in [3.05, 3.63) is 52.3 Å². The Kier molecular flexibility index (Phi) is 3.82. The monoisotopic (exact) mass is 290 g/mol. The van der Waals surface area contributed by atoms with E-state index in [1.807, 2.05) is 0 Å². The van der Waals surface area contributed by atoms with Gasteiger partial charge in [0.25, 0.3) is 0 Å². The normalized spacial score (nSPS) is 11.8. The molecule has 0 amide bonds. The summed E-state index contributed by atoms with van der Waals surface area (Å²) in [4.78, 5) is 0. The third kappa shape index (κ3) is 3.08. The summed E-state index contributed by atoms with van der Waals surface area (Å²) in [5.41, 5.74) is 0.161. The SMILES string of the molecule is OCc1cnn(Cc2cccc(C(F)(F)F)c2)c1Cl. The van der Waals surface area contributed by atoms with E-state index in [2.05, 4.69) is 5.10 Å². The van der Waals surface area contributed by atoms with Crippen molar-refractivity contribution in [2.24, 2.45) is 0 Å². The Morgan fingerprint density at radius 2 is 2.05 bits per heavy atom. The second kappa shape index (κ2) is 5.22. The highest BCUT2D eigenvalue weighted by Gasteiger charge is 2.30. The van der Waals surface area contributed by atoms with Crippen molar-refractivity contribution >= 4 is 11.6 Å². The first-order chi connectivity index (χ1) is 8.91. The molecule has 0 aliphatic carbocycles. The molecule has 3 nitrogen and oxygen atoms in total. The summed E-state index contributed by atoms with van der Waals surface area (Å²) >= 11 is 5.92. The number of alkyl halides is 3. The van der Waals surface area contributed by atoms with Gasteiger partial charge in [0.2, 0.25) is 0 Å². The van der Waals surface area contributed by atoms with Crippen LogP contribution in [0.1, 0.15) is 16.7 Å². The zero-order valence-corrected chi connectivity index (χ0v) is 10.4. The number of aliphatic hydroxyl groups is 1. The molecule has 0 unspecified atom stereocenters. The third-order valence-corrected chi connectivity index (χ3v) is 3.04. The van der Waals surface area contributed by atoms with Gasteiger partial charge in [-0.2, -0.15) is 18.3 Å². The van der Waals surface area contributed by atoms with Crippen LogP contribution in [0.4, 0.5) is 13.2 Å². The smallest absolute Gasteiger partial charge is 0.392 e. The molecule has 102 valence electrons. The number of hydrogen-bond donors (Lipinski definition) is 1. The molecule has 1 aromatic carbocycles. The predicted octanol–water partition coefficient (Wildman–Crippen LogP) is 3.10. The van der Waals surface area contributed by atoms with Crippen LogP contribution in [0.5, 0.6) is 0 Å². The van der Waals surface area contributed by atoms with Gasteiger partial charge in [-0.1, -0.05) is 23.7 Å². The predicted molar refractivity (Wildman–Crippen MR) is 63.7 cm³/mol. The lowest BCUT2D eigenvalue weighted by atomic mass is 10.1. The highest BCUT2D eigenvalue weighted by Crippen LogP contribution is 2.29. The summed E-state index contributed by atoms with van der Waals surface area (Å²) in [6, 6.07) is 4.96. The minimum atomic E-state index is -4.37. The molecule has 2 aromatic rings. The van der Waals surface area contributed by atoms with Crippen molar-refractivity contribution in [1.82, 2.24) is 9.78 Å². The van der Waals surface area contributed by atoms with Crippen molar-refractivity contribution in [1.29, 1.82) is 0 Å². The Bertz CT molecular complexity index is 581. The molecule has 19 heavy (non-hydrogen) atoms. The lowest BCUT2D eigenvalue weighted by molar-refractivity contribution is -0.137. The van der Waals surface area contributed by atoms with Gasteiger partial charge in [0, 0.05) is 5.56 Å². The standard InChI is InChI=1S/C12H10ClF3N2O/c13-11-9(7-19)5-17-18(11)6-8-2-1-3-10(4-8)12(14,15)16/h1-5,19H,6-7H2. The lowest BCUT2D eigenvalue weighted by Gasteiger charge is -2.09. The molecule has 0 saturated heterocycles. The Labute approximate surface area is 112 Å². The minimum absolute atomic E-state index is 0.114. The molecule has 2 rings (SSSR count). The van der Waals surface area contributed by atoms with E-state index in [0.29, 0.717) is 11.1 Å². The Morgan fingerprint density at radius 1 is 1.32 bits per heavy atom. The molecular weight excluding hydrogens is 281 g/mol. The number of aliphatic hydroxyl groups excluding tert-OH is 1. The quantitative estimate of drug-likeness (QED) is 0.943. The summed E-state index contributed by atoms with van der Waals surface area (Å²) in [7, 11) is 0. The lowest BCUT2D eigenvalue weighted by Crippen LogP contribution is -2.07. The Morgan fingerprint density at radius 3 is 2.63 bits per heavy atom. The van der Waals surface area contributed by atoms with E-state index in [4.69, 9.17) is 16.7 Å². The fourth-order valence-electron chi connectivity index (χ4n) is 1.64. The summed E-state index contributed by atoms with van der Waals surface area (Å²) in [6.07, 6.45) is -2.99. The number of aromatic nitrogens is 2. The number of rotatable bonds is 3. The van der Waals surface area contributed by atoms with Crippen molar-refractivity contribution in [3.8, 4) is 0 Å². The number of nitrogens with zero attached hydrogens (tertiary/aromatic N) is 2. The average Bonchev–Trinajstić information content (AvgIpc) is 2.70. The Hall–Kier alpha value is -1.53. The first-order valence-electron chi connectivity index (χ1n) is 5.39. The van der Waals surface area contributed by atoms with Crippen LogP contribution < -0.4 is 0 Å². The largest absolute Gasteiger partial charge is 0.416 e. The molecule has 0 saturated carbocycles. The van der Waals surface area contributed by atoms with Crippen LogP contribution in [0.25, 0.3) is 0 Å². The van der Waals surface area contributed by atoms with Crippen LogP contribution in [0.2, 0.25) is 5.15 Å². The summed E-state index contributed by atoms with van der Waals surface area (Å²) in [5.74, 6) is 0. The van der Waals surface area contributed by atoms with Crippen molar-refractivity contribution in [3.63, 3.8) is 0 Å². The van der Waals surface area contributed by atoms with Crippen LogP contribution >= 0.6 is 11.6 Å². The maximum absolute atomic E-state index is 12.6. The zero-order valence-electron chi connectivity index (χ0n) is 9.65. The molecule has 0 atom stereocenters. The molecule has 0 aliphatic rings. The van der Waals surface area contributed by atoms with Crippen LogP contribution in [0.3, 0.4) is 0 Å². The van der Waals surface area contributed by atoms with Crippen molar-refractivity contribution < 1.29 is 18.3 Å². The van der Waals surface area contributed by atoms with Gasteiger partial charge in [-0.3, -0.25) is 0 Å². The van der Waals surface area contributed by atoms with Gasteiger partial charge >= 0.3 is 6.18 Å². The Balaban J connectivity index is 2.26. The summed E-state index contributed by atoms with van der Waals surface area (Å²) < 4.78 is 39.0. The highest BCUT2D eigenvalue weighted by atomic mass is 35.5. The van der Waals surface area contributed by atoms with E-state index in [1.165, 1.54) is 16.9 Å². The molecule has 7 heteroatoms. The van der Waals surface area contributed by atoms with Gasteiger partial charge < -0.3 is 5.11 Å². The molecule has 0 spiro atoms. The van der Waals surface area contributed by atoms with E-state index < -0.39 is 11.7 Å². The fraction of sp³-hybridized carbons (Fsp3) is 0.250.